The van der Waals surface area contributed by atoms with Gasteiger partial charge in [0.15, 0.2) is 0 Å². The van der Waals surface area contributed by atoms with Crippen LogP contribution in [0, 0.1) is 10.1 Å². The van der Waals surface area contributed by atoms with Crippen LogP contribution < -0.4 is 15.4 Å². The van der Waals surface area contributed by atoms with Crippen LogP contribution in [0.5, 0.6) is 5.75 Å². The van der Waals surface area contributed by atoms with Crippen molar-refractivity contribution in [1.82, 2.24) is 0 Å². The molecule has 2 N–H and O–H groups in total. The first-order chi connectivity index (χ1) is 15.0. The Balaban J connectivity index is 1.58. The van der Waals surface area contributed by atoms with Crippen LogP contribution in [-0.2, 0) is 4.79 Å². The number of hydrogen-bond acceptors (Lipinski definition) is 5. The summed E-state index contributed by atoms with van der Waals surface area (Å²) in [5.41, 5.74) is 2.14. The van der Waals surface area contributed by atoms with Gasteiger partial charge in [0.25, 0.3) is 11.6 Å². The second-order valence-corrected chi connectivity index (χ2v) is 6.40. The highest BCUT2D eigenvalue weighted by Crippen LogP contribution is 2.24. The average molecular weight is 417 g/mol. The van der Waals surface area contributed by atoms with Crippen LogP contribution in [0.15, 0.2) is 78.9 Å². The summed E-state index contributed by atoms with van der Waals surface area (Å²) in [4.78, 5) is 34.7. The maximum Gasteiger partial charge on any atom is 0.269 e. The largest absolute Gasteiger partial charge is 0.495 e. The van der Waals surface area contributed by atoms with Crippen molar-refractivity contribution >= 4 is 35.0 Å². The zero-order valence-corrected chi connectivity index (χ0v) is 16.6. The first-order valence-electron chi connectivity index (χ1n) is 9.24. The van der Waals surface area contributed by atoms with Crippen LogP contribution in [0.3, 0.4) is 0 Å². The summed E-state index contributed by atoms with van der Waals surface area (Å²) >= 11 is 0. The van der Waals surface area contributed by atoms with Gasteiger partial charge in [0.2, 0.25) is 5.91 Å². The van der Waals surface area contributed by atoms with Crippen molar-refractivity contribution in [3.05, 3.63) is 100 Å². The second kappa shape index (κ2) is 9.84. The highest BCUT2D eigenvalue weighted by molar-refractivity contribution is 6.06. The van der Waals surface area contributed by atoms with Crippen LogP contribution in [0.2, 0.25) is 0 Å². The number of nitrogens with zero attached hydrogens (tertiary/aromatic N) is 1. The van der Waals surface area contributed by atoms with Gasteiger partial charge in [0, 0.05) is 29.5 Å². The fourth-order valence-corrected chi connectivity index (χ4v) is 2.71. The van der Waals surface area contributed by atoms with E-state index in [1.54, 1.807) is 60.7 Å². The number of rotatable bonds is 7. The molecule has 3 aromatic rings. The normalized spacial score (nSPS) is 10.5. The van der Waals surface area contributed by atoms with Gasteiger partial charge < -0.3 is 15.4 Å². The molecule has 0 saturated heterocycles. The van der Waals surface area contributed by atoms with Gasteiger partial charge in [-0.25, -0.2) is 0 Å². The first-order valence-corrected chi connectivity index (χ1v) is 9.24. The molecule has 0 bridgehead atoms. The smallest absolute Gasteiger partial charge is 0.269 e. The standard InChI is InChI=1S/C23H19N3O5/c1-31-21-5-3-2-4-20(21)25-23(28)17-9-11-18(12-10-17)24-22(27)15-8-16-6-13-19(14-7-16)26(29)30/h2-15H,1H3,(H,24,27)(H,25,28)/b15-8+. The number of benzene rings is 3. The highest BCUT2D eigenvalue weighted by Gasteiger charge is 2.09. The molecule has 0 radical (unpaired) electrons. The van der Waals surface area contributed by atoms with Gasteiger partial charge in [-0.3, -0.25) is 19.7 Å². The Morgan fingerprint density at radius 2 is 1.61 bits per heavy atom. The molecule has 0 aliphatic carbocycles. The van der Waals surface area contributed by atoms with Crippen molar-refractivity contribution in [1.29, 1.82) is 0 Å². The molecular formula is C23H19N3O5. The maximum absolute atomic E-state index is 12.4. The minimum absolute atomic E-state index is 0.0172. The number of carbonyl (C=O) groups is 2. The van der Waals surface area contributed by atoms with E-state index in [1.807, 2.05) is 6.07 Å². The molecule has 0 unspecified atom stereocenters. The van der Waals surface area contributed by atoms with Gasteiger partial charge in [-0.1, -0.05) is 12.1 Å². The quantitative estimate of drug-likeness (QED) is 0.334. The van der Waals surface area contributed by atoms with E-state index in [9.17, 15) is 19.7 Å². The molecule has 2 amide bonds. The number of non-ortho nitro benzene ring substituents is 1. The van der Waals surface area contributed by atoms with Crippen molar-refractivity contribution in [3.63, 3.8) is 0 Å². The van der Waals surface area contributed by atoms with Crippen molar-refractivity contribution in [2.75, 3.05) is 17.7 Å². The Labute approximate surface area is 178 Å². The SMILES string of the molecule is COc1ccccc1NC(=O)c1ccc(NC(=O)/C=C/c2ccc([N+](=O)[O-])cc2)cc1. The van der Waals surface area contributed by atoms with E-state index in [2.05, 4.69) is 10.6 Å². The molecule has 0 aliphatic rings. The Morgan fingerprint density at radius 1 is 0.935 bits per heavy atom. The van der Waals surface area contributed by atoms with Crippen LogP contribution in [0.4, 0.5) is 17.1 Å². The lowest BCUT2D eigenvalue weighted by Gasteiger charge is -2.10. The number of para-hydroxylation sites is 2. The zero-order valence-electron chi connectivity index (χ0n) is 16.6. The van der Waals surface area contributed by atoms with E-state index in [1.165, 1.54) is 25.3 Å². The molecule has 156 valence electrons. The summed E-state index contributed by atoms with van der Waals surface area (Å²) in [6, 6.07) is 19.4. The average Bonchev–Trinajstić information content (AvgIpc) is 2.78. The molecule has 8 heteroatoms. The summed E-state index contributed by atoms with van der Waals surface area (Å²) < 4.78 is 5.22. The lowest BCUT2D eigenvalue weighted by atomic mass is 10.1. The number of amides is 2. The van der Waals surface area contributed by atoms with Crippen LogP contribution >= 0.6 is 0 Å². The number of carbonyl (C=O) groups excluding carboxylic acids is 2. The van der Waals surface area contributed by atoms with E-state index in [0.717, 1.165) is 0 Å². The number of hydrogen-bond donors (Lipinski definition) is 2. The van der Waals surface area contributed by atoms with Crippen molar-refractivity contribution < 1.29 is 19.2 Å². The molecule has 31 heavy (non-hydrogen) atoms. The number of anilines is 2. The van der Waals surface area contributed by atoms with Crippen molar-refractivity contribution in [2.45, 2.75) is 0 Å². The summed E-state index contributed by atoms with van der Waals surface area (Å²) in [6.07, 6.45) is 2.87. The van der Waals surface area contributed by atoms with Gasteiger partial charge in [0.1, 0.15) is 5.75 Å². The zero-order chi connectivity index (χ0) is 22.2. The molecule has 0 spiro atoms. The van der Waals surface area contributed by atoms with E-state index in [4.69, 9.17) is 4.74 Å². The highest BCUT2D eigenvalue weighted by atomic mass is 16.6. The third kappa shape index (κ3) is 5.77. The van der Waals surface area contributed by atoms with E-state index in [-0.39, 0.29) is 17.5 Å². The van der Waals surface area contributed by atoms with E-state index < -0.39 is 4.92 Å². The number of ether oxygens (including phenoxy) is 1. The molecule has 0 saturated carbocycles. The third-order valence-electron chi connectivity index (χ3n) is 4.30. The van der Waals surface area contributed by atoms with Crippen LogP contribution in [0.25, 0.3) is 6.08 Å². The second-order valence-electron chi connectivity index (χ2n) is 6.40. The lowest BCUT2D eigenvalue weighted by Crippen LogP contribution is -2.13. The molecule has 3 aromatic carbocycles. The number of nitro groups is 1. The minimum Gasteiger partial charge on any atom is -0.495 e. The van der Waals surface area contributed by atoms with Gasteiger partial charge in [0.05, 0.1) is 17.7 Å². The summed E-state index contributed by atoms with van der Waals surface area (Å²) in [6.45, 7) is 0. The predicted molar refractivity (Wildman–Crippen MR) is 118 cm³/mol. The number of nitro benzene ring substituents is 1. The molecule has 0 atom stereocenters. The molecule has 0 aliphatic heterocycles. The molecule has 8 nitrogen and oxygen atoms in total. The number of nitrogens with one attached hydrogen (secondary N) is 2. The fraction of sp³-hybridized carbons (Fsp3) is 0.0435. The van der Waals surface area contributed by atoms with Gasteiger partial charge in [-0.15, -0.1) is 0 Å². The van der Waals surface area contributed by atoms with Gasteiger partial charge in [-0.05, 0) is 60.2 Å². The number of methoxy groups -OCH3 is 1. The van der Waals surface area contributed by atoms with Gasteiger partial charge >= 0.3 is 0 Å². The minimum atomic E-state index is -0.486. The molecule has 0 fully saturated rings. The Kier molecular flexibility index (Phi) is 6.74. The van der Waals surface area contributed by atoms with Crippen LogP contribution in [0.1, 0.15) is 15.9 Å². The monoisotopic (exact) mass is 417 g/mol. The Bertz CT molecular complexity index is 1120. The maximum atomic E-state index is 12.4. The van der Waals surface area contributed by atoms with Crippen molar-refractivity contribution in [3.8, 4) is 5.75 Å². The summed E-state index contributed by atoms with van der Waals surface area (Å²) in [5, 5.41) is 16.1. The summed E-state index contributed by atoms with van der Waals surface area (Å²) in [5.74, 6) is -0.121. The van der Waals surface area contributed by atoms with Gasteiger partial charge in [-0.2, -0.15) is 0 Å². The fourth-order valence-electron chi connectivity index (χ4n) is 2.71. The lowest BCUT2D eigenvalue weighted by molar-refractivity contribution is -0.384. The molecular weight excluding hydrogens is 398 g/mol. The van der Waals surface area contributed by atoms with E-state index in [0.29, 0.717) is 28.3 Å². The molecule has 3 rings (SSSR count). The molecule has 0 aromatic heterocycles. The molecule has 0 heterocycles. The Hall–Kier alpha value is -4.46. The van der Waals surface area contributed by atoms with Crippen molar-refractivity contribution in [2.24, 2.45) is 0 Å². The predicted octanol–water partition coefficient (Wildman–Crippen LogP) is 4.51. The third-order valence-corrected chi connectivity index (χ3v) is 4.30. The topological polar surface area (TPSA) is 111 Å². The summed E-state index contributed by atoms with van der Waals surface area (Å²) in [7, 11) is 1.53. The van der Waals surface area contributed by atoms with E-state index >= 15 is 0 Å². The Morgan fingerprint density at radius 3 is 2.26 bits per heavy atom. The van der Waals surface area contributed by atoms with Crippen LogP contribution in [-0.4, -0.2) is 23.8 Å². The first kappa shape index (κ1) is 21.3.